The molecule has 1 N–H and O–H groups in total. The van der Waals surface area contributed by atoms with Gasteiger partial charge >= 0.3 is 0 Å². The minimum absolute atomic E-state index is 0.0456. The molecular weight excluding hydrogens is 379 g/mol. The van der Waals surface area contributed by atoms with Gasteiger partial charge in [0.1, 0.15) is 5.82 Å². The first-order valence-electron chi connectivity index (χ1n) is 9.29. The summed E-state index contributed by atoms with van der Waals surface area (Å²) in [5, 5.41) is 3.36. The van der Waals surface area contributed by atoms with E-state index in [-0.39, 0.29) is 23.4 Å². The molecule has 0 bridgehead atoms. The van der Waals surface area contributed by atoms with E-state index >= 15 is 0 Å². The van der Waals surface area contributed by atoms with Gasteiger partial charge in [0.05, 0.1) is 23.6 Å². The summed E-state index contributed by atoms with van der Waals surface area (Å²) in [7, 11) is 0. The first-order valence-corrected chi connectivity index (χ1v) is 10.1. The van der Waals surface area contributed by atoms with E-state index in [2.05, 4.69) is 5.32 Å². The third-order valence-corrected chi connectivity index (χ3v) is 6.07. The predicted molar refractivity (Wildman–Crippen MR) is 108 cm³/mol. The molecule has 3 heterocycles. The molecule has 0 radical (unpaired) electrons. The van der Waals surface area contributed by atoms with Crippen LogP contribution in [0.1, 0.15) is 33.6 Å². The normalized spacial score (nSPS) is 16.6. The Bertz CT molecular complexity index is 1070. The van der Waals surface area contributed by atoms with Gasteiger partial charge in [0.2, 0.25) is 0 Å². The second-order valence-corrected chi connectivity index (χ2v) is 8.25. The quantitative estimate of drug-likeness (QED) is 0.713. The van der Waals surface area contributed by atoms with E-state index in [0.29, 0.717) is 24.0 Å². The van der Waals surface area contributed by atoms with Crippen molar-refractivity contribution in [2.45, 2.75) is 32.4 Å². The number of thiophene rings is 1. The molecule has 1 amide bonds. The molecule has 0 unspecified atom stereocenters. The van der Waals surface area contributed by atoms with E-state index in [1.807, 2.05) is 13.0 Å². The number of rotatable bonds is 5. The highest BCUT2D eigenvalue weighted by Gasteiger charge is 2.22. The van der Waals surface area contributed by atoms with Crippen LogP contribution in [0.2, 0.25) is 0 Å². The average molecular weight is 400 g/mol. The van der Waals surface area contributed by atoms with Crippen LogP contribution >= 0.6 is 11.3 Å². The number of pyridine rings is 1. The summed E-state index contributed by atoms with van der Waals surface area (Å²) < 4.78 is 21.0. The van der Waals surface area contributed by atoms with Crippen LogP contribution in [-0.2, 0) is 11.3 Å². The van der Waals surface area contributed by atoms with Crippen LogP contribution in [0.5, 0.6) is 0 Å². The minimum Gasteiger partial charge on any atom is -0.376 e. The van der Waals surface area contributed by atoms with Crippen molar-refractivity contribution in [1.29, 1.82) is 0 Å². The number of nitrogens with one attached hydrogen (secondary N) is 1. The number of hydrogen-bond donors (Lipinski definition) is 1. The Morgan fingerprint density at radius 1 is 1.32 bits per heavy atom. The van der Waals surface area contributed by atoms with E-state index in [9.17, 15) is 14.0 Å². The summed E-state index contributed by atoms with van der Waals surface area (Å²) in [6.07, 6.45) is 3.71. The lowest BCUT2D eigenvalue weighted by Gasteiger charge is -2.11. The number of hydrogen-bond acceptors (Lipinski definition) is 4. The van der Waals surface area contributed by atoms with Crippen LogP contribution in [0.15, 0.2) is 41.3 Å². The van der Waals surface area contributed by atoms with Gasteiger partial charge in [-0.2, -0.15) is 0 Å². The number of aromatic nitrogens is 1. The Kier molecular flexibility index (Phi) is 5.28. The number of carbonyl (C=O) groups excluding carboxylic acids is 1. The van der Waals surface area contributed by atoms with Gasteiger partial charge in [-0.05, 0) is 43.5 Å². The zero-order chi connectivity index (χ0) is 19.7. The molecule has 3 aromatic rings. The van der Waals surface area contributed by atoms with Crippen molar-refractivity contribution in [3.8, 4) is 0 Å². The lowest BCUT2D eigenvalue weighted by Crippen LogP contribution is -2.32. The fourth-order valence-corrected chi connectivity index (χ4v) is 4.60. The smallest absolute Gasteiger partial charge is 0.260 e. The zero-order valence-electron chi connectivity index (χ0n) is 15.5. The Balaban J connectivity index is 1.64. The molecule has 146 valence electrons. The van der Waals surface area contributed by atoms with Crippen LogP contribution in [0.4, 0.5) is 4.39 Å². The van der Waals surface area contributed by atoms with Crippen molar-refractivity contribution in [1.82, 2.24) is 9.88 Å². The maximum atomic E-state index is 13.1. The number of amides is 1. The third-order valence-electron chi connectivity index (χ3n) is 5.00. The van der Waals surface area contributed by atoms with Gasteiger partial charge in [-0.1, -0.05) is 12.1 Å². The minimum atomic E-state index is -0.315. The van der Waals surface area contributed by atoms with Gasteiger partial charge in [-0.15, -0.1) is 11.3 Å². The molecule has 2 aromatic heterocycles. The summed E-state index contributed by atoms with van der Waals surface area (Å²) in [5.41, 5.74) is 1.05. The number of benzene rings is 1. The number of halogens is 1. The van der Waals surface area contributed by atoms with Gasteiger partial charge in [-0.3, -0.25) is 9.59 Å². The van der Waals surface area contributed by atoms with Gasteiger partial charge in [0, 0.05) is 28.9 Å². The standard InChI is InChI=1S/C21H21FN2O3S/c1-13-18(20(25)23-11-16-3-2-10-27-16)19-17(28-13)8-9-24(21(19)26)12-14-4-6-15(22)7-5-14/h4-9,16H,2-3,10-12H2,1H3,(H,23,25)/t16-/m0/s1. The van der Waals surface area contributed by atoms with E-state index in [1.54, 1.807) is 22.9 Å². The van der Waals surface area contributed by atoms with Crippen molar-refractivity contribution in [3.05, 3.63) is 68.7 Å². The summed E-state index contributed by atoms with van der Waals surface area (Å²) >= 11 is 1.44. The summed E-state index contributed by atoms with van der Waals surface area (Å²) in [4.78, 5) is 26.7. The van der Waals surface area contributed by atoms with E-state index in [4.69, 9.17) is 4.74 Å². The molecule has 5 nitrogen and oxygen atoms in total. The van der Waals surface area contributed by atoms with Crippen molar-refractivity contribution >= 4 is 27.3 Å². The monoisotopic (exact) mass is 400 g/mol. The molecule has 7 heteroatoms. The molecule has 28 heavy (non-hydrogen) atoms. The SMILES string of the molecule is Cc1sc2ccn(Cc3ccc(F)cc3)c(=O)c2c1C(=O)NC[C@@H]1CCCO1. The Labute approximate surface area is 165 Å². The molecule has 0 aliphatic carbocycles. The zero-order valence-corrected chi connectivity index (χ0v) is 16.4. The number of nitrogens with zero attached hydrogens (tertiary/aromatic N) is 1. The topological polar surface area (TPSA) is 60.3 Å². The van der Waals surface area contributed by atoms with Crippen LogP contribution in [0.3, 0.4) is 0 Å². The molecule has 0 spiro atoms. The number of aryl methyl sites for hydroxylation is 1. The summed E-state index contributed by atoms with van der Waals surface area (Å²) in [6.45, 7) is 3.36. The van der Waals surface area contributed by atoms with Gasteiger partial charge in [0.25, 0.3) is 11.5 Å². The maximum absolute atomic E-state index is 13.1. The molecule has 1 saturated heterocycles. The van der Waals surface area contributed by atoms with Gasteiger partial charge < -0.3 is 14.6 Å². The highest BCUT2D eigenvalue weighted by atomic mass is 32.1. The van der Waals surface area contributed by atoms with Crippen LogP contribution in [-0.4, -0.2) is 29.7 Å². The van der Waals surface area contributed by atoms with E-state index in [0.717, 1.165) is 34.6 Å². The van der Waals surface area contributed by atoms with Crippen LogP contribution < -0.4 is 10.9 Å². The fraction of sp³-hybridized carbons (Fsp3) is 0.333. The first kappa shape index (κ1) is 18.8. The molecule has 0 saturated carbocycles. The second kappa shape index (κ2) is 7.85. The second-order valence-electron chi connectivity index (χ2n) is 6.99. The fourth-order valence-electron chi connectivity index (χ4n) is 3.55. The third kappa shape index (κ3) is 3.72. The Morgan fingerprint density at radius 3 is 2.82 bits per heavy atom. The Hall–Kier alpha value is -2.51. The van der Waals surface area contributed by atoms with Gasteiger partial charge in [0.15, 0.2) is 0 Å². The van der Waals surface area contributed by atoms with E-state index < -0.39 is 0 Å². The largest absolute Gasteiger partial charge is 0.376 e. The molecule has 1 fully saturated rings. The predicted octanol–water partition coefficient (Wildman–Crippen LogP) is 3.47. The van der Waals surface area contributed by atoms with Crippen molar-refractivity contribution in [3.63, 3.8) is 0 Å². The van der Waals surface area contributed by atoms with Crippen molar-refractivity contribution < 1.29 is 13.9 Å². The van der Waals surface area contributed by atoms with Crippen molar-refractivity contribution in [2.24, 2.45) is 0 Å². The number of fused-ring (bicyclic) bond motifs is 1. The van der Waals surface area contributed by atoms with Crippen LogP contribution in [0.25, 0.3) is 10.1 Å². The molecule has 1 aliphatic rings. The highest BCUT2D eigenvalue weighted by Crippen LogP contribution is 2.28. The summed E-state index contributed by atoms with van der Waals surface area (Å²) in [6, 6.07) is 7.91. The molecule has 4 rings (SSSR count). The van der Waals surface area contributed by atoms with E-state index in [1.165, 1.54) is 23.5 Å². The molecular formula is C21H21FN2O3S. The first-order chi connectivity index (χ1) is 13.5. The average Bonchev–Trinajstić information content (AvgIpc) is 3.31. The lowest BCUT2D eigenvalue weighted by molar-refractivity contribution is 0.0859. The number of ether oxygens (including phenoxy) is 1. The van der Waals surface area contributed by atoms with Gasteiger partial charge in [-0.25, -0.2) is 4.39 Å². The summed E-state index contributed by atoms with van der Waals surface area (Å²) in [5.74, 6) is -0.555. The lowest BCUT2D eigenvalue weighted by atomic mass is 10.1. The highest BCUT2D eigenvalue weighted by molar-refractivity contribution is 7.19. The van der Waals surface area contributed by atoms with Crippen molar-refractivity contribution in [2.75, 3.05) is 13.2 Å². The molecule has 1 atom stereocenters. The van der Waals surface area contributed by atoms with Crippen LogP contribution in [0, 0.1) is 12.7 Å². The number of carbonyl (C=O) groups is 1. The maximum Gasteiger partial charge on any atom is 0.260 e. The molecule has 1 aromatic carbocycles. The molecule has 1 aliphatic heterocycles. The Morgan fingerprint density at radius 2 is 2.11 bits per heavy atom.